The molecule has 1 N–H and O–H groups in total. The van der Waals surface area contributed by atoms with Crippen LogP contribution in [0.25, 0.3) is 0 Å². The van der Waals surface area contributed by atoms with Crippen molar-refractivity contribution in [2.75, 3.05) is 6.54 Å². The summed E-state index contributed by atoms with van der Waals surface area (Å²) in [6.45, 7) is 4.79. The number of carbonyl (C=O) groups is 1. The number of rotatable bonds is 3. The van der Waals surface area contributed by atoms with Gasteiger partial charge in [0.1, 0.15) is 6.17 Å². The predicted molar refractivity (Wildman–Crippen MR) is 75.6 cm³/mol. The largest absolute Gasteiger partial charge is 0.319 e. The minimum Gasteiger partial charge on any atom is -0.319 e. The van der Waals surface area contributed by atoms with Crippen molar-refractivity contribution in [1.29, 1.82) is 0 Å². The van der Waals surface area contributed by atoms with Gasteiger partial charge < -0.3 is 4.90 Å². The Morgan fingerprint density at radius 2 is 2.05 bits per heavy atom. The molecule has 0 radical (unpaired) electrons. The fourth-order valence-corrected chi connectivity index (χ4v) is 3.28. The maximum atomic E-state index is 12.2. The normalized spacial score (nSPS) is 25.5. The van der Waals surface area contributed by atoms with Crippen molar-refractivity contribution in [1.82, 2.24) is 10.2 Å². The van der Waals surface area contributed by atoms with Crippen LogP contribution in [-0.2, 0) is 4.79 Å². The molecule has 1 saturated heterocycles. The fraction of sp³-hybridized carbons (Fsp3) is 0.562. The Morgan fingerprint density at radius 3 is 2.68 bits per heavy atom. The maximum absolute atomic E-state index is 12.2. The minimum absolute atomic E-state index is 0.0595. The average Bonchev–Trinajstić information content (AvgIpc) is 2.69. The van der Waals surface area contributed by atoms with Gasteiger partial charge in [0.15, 0.2) is 0 Å². The summed E-state index contributed by atoms with van der Waals surface area (Å²) in [6, 6.07) is 8.70. The number of benzene rings is 1. The molecule has 2 fully saturated rings. The van der Waals surface area contributed by atoms with Crippen LogP contribution in [0.2, 0.25) is 0 Å². The highest BCUT2D eigenvalue weighted by molar-refractivity contribution is 5.81. The molecule has 2 atom stereocenters. The molecule has 19 heavy (non-hydrogen) atoms. The van der Waals surface area contributed by atoms with E-state index in [1.54, 1.807) is 0 Å². The Kier molecular flexibility index (Phi) is 3.31. The van der Waals surface area contributed by atoms with Gasteiger partial charge in [-0.3, -0.25) is 10.1 Å². The summed E-state index contributed by atoms with van der Waals surface area (Å²) in [6.07, 6.45) is 3.92. The summed E-state index contributed by atoms with van der Waals surface area (Å²) in [4.78, 5) is 14.3. The van der Waals surface area contributed by atoms with E-state index in [2.05, 4.69) is 48.3 Å². The van der Waals surface area contributed by atoms with Crippen LogP contribution >= 0.6 is 0 Å². The number of nitrogens with zero attached hydrogens (tertiary/aromatic N) is 1. The van der Waals surface area contributed by atoms with Gasteiger partial charge >= 0.3 is 0 Å². The summed E-state index contributed by atoms with van der Waals surface area (Å²) >= 11 is 0. The van der Waals surface area contributed by atoms with Crippen molar-refractivity contribution in [2.24, 2.45) is 5.92 Å². The number of carbonyl (C=O) groups excluding carboxylic acids is 1. The zero-order valence-corrected chi connectivity index (χ0v) is 11.7. The second-order valence-electron chi connectivity index (χ2n) is 5.87. The third kappa shape index (κ3) is 2.16. The van der Waals surface area contributed by atoms with Crippen molar-refractivity contribution in [2.45, 2.75) is 45.3 Å². The standard InChI is InChI=1S/C16H22N2O/c1-11-6-3-4-9-14(11)16-17-10-15(19)18(16)12(2)13-7-5-8-13/h3-4,6,9,12-13,16-17H,5,7-8,10H2,1-2H3. The molecule has 0 aromatic heterocycles. The molecule has 2 unspecified atom stereocenters. The Morgan fingerprint density at radius 1 is 1.32 bits per heavy atom. The Hall–Kier alpha value is -1.35. The Labute approximate surface area is 115 Å². The van der Waals surface area contributed by atoms with Gasteiger partial charge in [-0.25, -0.2) is 0 Å². The van der Waals surface area contributed by atoms with Gasteiger partial charge in [-0.2, -0.15) is 0 Å². The minimum atomic E-state index is 0.0595. The van der Waals surface area contributed by atoms with Gasteiger partial charge in [-0.1, -0.05) is 30.7 Å². The van der Waals surface area contributed by atoms with Gasteiger partial charge in [0, 0.05) is 6.04 Å². The Bertz CT molecular complexity index is 481. The predicted octanol–water partition coefficient (Wildman–Crippen LogP) is 2.61. The van der Waals surface area contributed by atoms with Crippen molar-refractivity contribution in [3.8, 4) is 0 Å². The lowest BCUT2D eigenvalue weighted by Gasteiger charge is -2.40. The van der Waals surface area contributed by atoms with Crippen molar-refractivity contribution in [3.63, 3.8) is 0 Å². The first-order valence-electron chi connectivity index (χ1n) is 7.28. The van der Waals surface area contributed by atoms with Crippen LogP contribution < -0.4 is 5.32 Å². The molecular formula is C16H22N2O. The molecule has 1 heterocycles. The quantitative estimate of drug-likeness (QED) is 0.904. The molecule has 3 rings (SSSR count). The monoisotopic (exact) mass is 258 g/mol. The van der Waals surface area contributed by atoms with Crippen LogP contribution in [0.15, 0.2) is 24.3 Å². The molecule has 3 nitrogen and oxygen atoms in total. The molecule has 0 bridgehead atoms. The van der Waals surface area contributed by atoms with E-state index < -0.39 is 0 Å². The molecule has 1 saturated carbocycles. The van der Waals surface area contributed by atoms with Gasteiger partial charge in [-0.15, -0.1) is 0 Å². The second-order valence-corrected chi connectivity index (χ2v) is 5.87. The van der Waals surface area contributed by atoms with Crippen molar-refractivity contribution in [3.05, 3.63) is 35.4 Å². The average molecular weight is 258 g/mol. The Balaban J connectivity index is 1.87. The summed E-state index contributed by atoms with van der Waals surface area (Å²) < 4.78 is 0. The summed E-state index contributed by atoms with van der Waals surface area (Å²) in [7, 11) is 0. The van der Waals surface area contributed by atoms with E-state index in [-0.39, 0.29) is 12.1 Å². The first-order chi connectivity index (χ1) is 9.18. The molecule has 0 spiro atoms. The molecule has 1 aromatic rings. The third-order valence-corrected chi connectivity index (χ3v) is 4.77. The molecule has 102 valence electrons. The summed E-state index contributed by atoms with van der Waals surface area (Å²) in [5.41, 5.74) is 2.49. The number of hydrogen-bond donors (Lipinski definition) is 1. The van der Waals surface area contributed by atoms with E-state index in [9.17, 15) is 4.79 Å². The van der Waals surface area contributed by atoms with Crippen LogP contribution in [0.5, 0.6) is 0 Å². The van der Waals surface area contributed by atoms with Crippen molar-refractivity contribution < 1.29 is 4.79 Å². The second kappa shape index (κ2) is 4.97. The molecule has 2 aliphatic rings. The van der Waals surface area contributed by atoms with Crippen LogP contribution in [0.1, 0.15) is 43.5 Å². The number of aryl methyl sites for hydroxylation is 1. The zero-order chi connectivity index (χ0) is 13.4. The van der Waals surface area contributed by atoms with Gasteiger partial charge in [0.05, 0.1) is 6.54 Å². The molecule has 1 aromatic carbocycles. The highest BCUT2D eigenvalue weighted by Crippen LogP contribution is 2.36. The van der Waals surface area contributed by atoms with Gasteiger partial charge in [-0.05, 0) is 43.7 Å². The molecule has 1 amide bonds. The van der Waals surface area contributed by atoms with E-state index in [0.29, 0.717) is 18.5 Å². The van der Waals surface area contributed by atoms with Gasteiger partial charge in [0.25, 0.3) is 0 Å². The number of amides is 1. The maximum Gasteiger partial charge on any atom is 0.238 e. The van der Waals surface area contributed by atoms with Crippen molar-refractivity contribution >= 4 is 5.91 Å². The van der Waals surface area contributed by atoms with E-state index >= 15 is 0 Å². The van der Waals surface area contributed by atoms with Gasteiger partial charge in [0.2, 0.25) is 5.91 Å². The summed E-state index contributed by atoms with van der Waals surface area (Å²) in [5, 5.41) is 3.37. The van der Waals surface area contributed by atoms with Crippen LogP contribution in [0.3, 0.4) is 0 Å². The lowest BCUT2D eigenvalue weighted by Crippen LogP contribution is -2.44. The van der Waals surface area contributed by atoms with E-state index in [0.717, 1.165) is 0 Å². The van der Waals surface area contributed by atoms with Crippen LogP contribution in [0.4, 0.5) is 0 Å². The van der Waals surface area contributed by atoms with E-state index in [4.69, 9.17) is 0 Å². The third-order valence-electron chi connectivity index (χ3n) is 4.77. The molecule has 1 aliphatic heterocycles. The first kappa shape index (κ1) is 12.7. The fourth-order valence-electron chi connectivity index (χ4n) is 3.28. The highest BCUT2D eigenvalue weighted by Gasteiger charge is 2.39. The highest BCUT2D eigenvalue weighted by atomic mass is 16.2. The van der Waals surface area contributed by atoms with E-state index in [1.807, 2.05) is 0 Å². The smallest absolute Gasteiger partial charge is 0.238 e. The van der Waals surface area contributed by atoms with E-state index in [1.165, 1.54) is 30.4 Å². The molecule has 1 aliphatic carbocycles. The molecular weight excluding hydrogens is 236 g/mol. The molecule has 3 heteroatoms. The number of nitrogens with one attached hydrogen (secondary N) is 1. The topological polar surface area (TPSA) is 32.3 Å². The zero-order valence-electron chi connectivity index (χ0n) is 11.7. The van der Waals surface area contributed by atoms with Crippen LogP contribution in [0, 0.1) is 12.8 Å². The van der Waals surface area contributed by atoms with Crippen LogP contribution in [-0.4, -0.2) is 23.4 Å². The first-order valence-corrected chi connectivity index (χ1v) is 7.28. The SMILES string of the molecule is Cc1ccccc1C1NCC(=O)N1C(C)C1CCC1. The lowest BCUT2D eigenvalue weighted by molar-refractivity contribution is -0.131. The lowest BCUT2D eigenvalue weighted by atomic mass is 9.79. The summed E-state index contributed by atoms with van der Waals surface area (Å²) in [5.74, 6) is 0.933. The number of hydrogen-bond acceptors (Lipinski definition) is 2.